The minimum atomic E-state index is -1.16. The lowest BCUT2D eigenvalue weighted by molar-refractivity contribution is -0.146. The van der Waals surface area contributed by atoms with Gasteiger partial charge in [-0.3, -0.25) is 14.4 Å². The highest BCUT2D eigenvalue weighted by Crippen LogP contribution is 2.65. The Morgan fingerprint density at radius 1 is 1.00 bits per heavy atom. The van der Waals surface area contributed by atoms with Crippen molar-refractivity contribution in [1.82, 2.24) is 4.90 Å². The van der Waals surface area contributed by atoms with Crippen LogP contribution in [0.1, 0.15) is 63.5 Å². The number of aliphatic hydroxyl groups excluding tert-OH is 1. The number of benzene rings is 2. The fourth-order valence-corrected chi connectivity index (χ4v) is 8.29. The van der Waals surface area contributed by atoms with Gasteiger partial charge in [0.2, 0.25) is 11.8 Å². The molecule has 0 radical (unpaired) electrons. The highest BCUT2D eigenvalue weighted by molar-refractivity contribution is 6.07. The maximum atomic E-state index is 15.0. The van der Waals surface area contributed by atoms with E-state index in [0.29, 0.717) is 63.1 Å². The zero-order valence-electron chi connectivity index (χ0n) is 29.0. The van der Waals surface area contributed by atoms with E-state index < -0.39 is 29.1 Å². The lowest BCUT2D eigenvalue weighted by Crippen LogP contribution is -2.56. The molecule has 3 amide bonds. The second-order valence-electron chi connectivity index (χ2n) is 13.3. The molecule has 3 saturated heterocycles. The van der Waals surface area contributed by atoms with Gasteiger partial charge in [-0.15, -0.1) is 13.2 Å². The van der Waals surface area contributed by atoms with Crippen molar-refractivity contribution in [2.24, 2.45) is 11.8 Å². The Kier molecular flexibility index (Phi) is 10.8. The minimum Gasteiger partial charge on any atom is -0.494 e. The second kappa shape index (κ2) is 14.7. The summed E-state index contributed by atoms with van der Waals surface area (Å²) < 4.78 is 12.7. The molecule has 2 aromatic rings. The van der Waals surface area contributed by atoms with Gasteiger partial charge in [-0.2, -0.15) is 0 Å². The van der Waals surface area contributed by atoms with Crippen molar-refractivity contribution in [1.29, 1.82) is 0 Å². The number of unbranched alkanes of at least 4 members (excludes halogenated alkanes) is 2. The highest BCUT2D eigenvalue weighted by Gasteiger charge is 2.79. The summed E-state index contributed by atoms with van der Waals surface area (Å²) in [7, 11) is 0. The molecule has 258 valence electrons. The van der Waals surface area contributed by atoms with Crippen molar-refractivity contribution in [2.45, 2.75) is 83.5 Å². The third kappa shape index (κ3) is 6.07. The summed E-state index contributed by atoms with van der Waals surface area (Å²) in [5.74, 6) is -1.53. The van der Waals surface area contributed by atoms with Crippen LogP contribution in [0.4, 0.5) is 11.4 Å². The van der Waals surface area contributed by atoms with Crippen LogP contribution in [-0.4, -0.2) is 77.8 Å². The van der Waals surface area contributed by atoms with Crippen molar-refractivity contribution in [3.8, 4) is 5.75 Å². The van der Waals surface area contributed by atoms with Crippen LogP contribution in [0.25, 0.3) is 0 Å². The molecular weight excluding hydrogens is 606 g/mol. The van der Waals surface area contributed by atoms with E-state index in [9.17, 15) is 14.7 Å². The predicted molar refractivity (Wildman–Crippen MR) is 188 cm³/mol. The first-order valence-corrected chi connectivity index (χ1v) is 17.4. The Morgan fingerprint density at radius 3 is 2.35 bits per heavy atom. The topological polar surface area (TPSA) is 99.6 Å². The van der Waals surface area contributed by atoms with Crippen LogP contribution in [0.2, 0.25) is 0 Å². The van der Waals surface area contributed by atoms with Gasteiger partial charge in [-0.05, 0) is 101 Å². The summed E-state index contributed by atoms with van der Waals surface area (Å²) >= 11 is 0. The number of amides is 3. The van der Waals surface area contributed by atoms with Crippen molar-refractivity contribution >= 4 is 29.1 Å². The zero-order valence-corrected chi connectivity index (χ0v) is 29.0. The summed E-state index contributed by atoms with van der Waals surface area (Å²) in [6.45, 7) is 17.2. The largest absolute Gasteiger partial charge is 0.494 e. The number of anilines is 2. The molecule has 3 fully saturated rings. The van der Waals surface area contributed by atoms with Gasteiger partial charge in [0.05, 0.1) is 24.0 Å². The first kappa shape index (κ1) is 35.4. The van der Waals surface area contributed by atoms with Crippen molar-refractivity contribution in [2.75, 3.05) is 42.6 Å². The monoisotopic (exact) mass is 657 g/mol. The summed E-state index contributed by atoms with van der Waals surface area (Å²) in [6.07, 6.45) is 6.93. The van der Waals surface area contributed by atoms with Gasteiger partial charge in [0, 0.05) is 37.6 Å². The third-order valence-electron chi connectivity index (χ3n) is 10.5. The molecule has 0 aliphatic carbocycles. The van der Waals surface area contributed by atoms with E-state index in [1.54, 1.807) is 26.9 Å². The molecule has 1 N–H and O–H groups in total. The van der Waals surface area contributed by atoms with Crippen LogP contribution in [0, 0.1) is 25.7 Å². The van der Waals surface area contributed by atoms with Crippen LogP contribution in [0.5, 0.6) is 5.75 Å². The molecular formula is C39H51N3O6. The summed E-state index contributed by atoms with van der Waals surface area (Å²) in [6, 6.07) is 12.5. The van der Waals surface area contributed by atoms with Crippen molar-refractivity contribution in [3.05, 3.63) is 78.9 Å². The molecule has 0 saturated carbocycles. The van der Waals surface area contributed by atoms with Gasteiger partial charge < -0.3 is 29.3 Å². The third-order valence-corrected chi connectivity index (χ3v) is 10.5. The second-order valence-corrected chi connectivity index (χ2v) is 13.3. The number of rotatable bonds is 16. The van der Waals surface area contributed by atoms with E-state index in [2.05, 4.69) is 13.2 Å². The number of hydrogen-bond donors (Lipinski definition) is 1. The number of hydrogen-bond acceptors (Lipinski definition) is 6. The van der Waals surface area contributed by atoms with Gasteiger partial charge in [0.1, 0.15) is 17.4 Å². The van der Waals surface area contributed by atoms with Crippen LogP contribution < -0.4 is 14.5 Å². The number of ether oxygens (including phenoxy) is 2. The number of aliphatic hydroxyl groups is 1. The number of likely N-dealkylation sites (tertiary alicyclic amines) is 1. The first-order chi connectivity index (χ1) is 23.1. The molecule has 5 rings (SSSR count). The van der Waals surface area contributed by atoms with Crippen LogP contribution in [0.15, 0.2) is 67.8 Å². The number of carbonyl (C=O) groups is 3. The Balaban J connectivity index is 1.59. The molecule has 3 aliphatic rings. The maximum Gasteiger partial charge on any atom is 0.253 e. The Morgan fingerprint density at radius 2 is 1.71 bits per heavy atom. The highest BCUT2D eigenvalue weighted by atomic mass is 16.5. The minimum absolute atomic E-state index is 0.0615. The fourth-order valence-electron chi connectivity index (χ4n) is 8.29. The SMILES string of the molecule is C=CCN(C(=O)[C@@H]1[C@H]2C(=O)N(CCCCCO)C(C(=O)N(CC=C)c3cc(C)ccc3C)C23CC[C@@]1(CC)O3)c1ccc(OCC)cc1. The Hall–Kier alpha value is -3.95. The number of fused-ring (bicyclic) bond motifs is 1. The molecule has 3 aliphatic heterocycles. The van der Waals surface area contributed by atoms with E-state index in [-0.39, 0.29) is 37.4 Å². The van der Waals surface area contributed by atoms with Gasteiger partial charge >= 0.3 is 0 Å². The Labute approximate surface area is 285 Å². The molecule has 2 bridgehead atoms. The van der Waals surface area contributed by atoms with E-state index >= 15 is 4.79 Å². The maximum absolute atomic E-state index is 15.0. The smallest absolute Gasteiger partial charge is 0.253 e. The molecule has 2 unspecified atom stereocenters. The average Bonchev–Trinajstić information content (AvgIpc) is 3.69. The molecule has 1 spiro atoms. The van der Waals surface area contributed by atoms with Gasteiger partial charge in [0.15, 0.2) is 0 Å². The molecule has 9 nitrogen and oxygen atoms in total. The van der Waals surface area contributed by atoms with Gasteiger partial charge in [0.25, 0.3) is 5.91 Å². The standard InChI is InChI=1S/C39H51N3O6/c1-7-22-40(29-16-18-30(19-17-29)47-10-4)35(44)32-33-36(45)42(24-12-11-13-25-43)34(39(33)21-20-38(32,9-3)48-39)37(46)41(23-8-2)31-26-27(5)14-15-28(31)6/h7-8,14-19,26,32-34,43H,1-2,9-13,20-25H2,3-6H3/t32-,33-,34?,38+,39?/m0/s1. The summed E-state index contributed by atoms with van der Waals surface area (Å²) in [5.41, 5.74) is 1.36. The van der Waals surface area contributed by atoms with Gasteiger partial charge in [-0.25, -0.2) is 0 Å². The first-order valence-electron chi connectivity index (χ1n) is 17.4. The molecule has 2 aromatic carbocycles. The molecule has 5 atom stereocenters. The van der Waals surface area contributed by atoms with Crippen LogP contribution in [0.3, 0.4) is 0 Å². The normalized spacial score (nSPS) is 25.6. The van der Waals surface area contributed by atoms with E-state index in [4.69, 9.17) is 9.47 Å². The lowest BCUT2D eigenvalue weighted by Gasteiger charge is -2.37. The quantitative estimate of drug-likeness (QED) is 0.182. The average molecular weight is 658 g/mol. The summed E-state index contributed by atoms with van der Waals surface area (Å²) in [5, 5.41) is 9.43. The van der Waals surface area contributed by atoms with Gasteiger partial charge in [-0.1, -0.05) is 31.2 Å². The molecule has 0 aromatic heterocycles. The fraction of sp³-hybridized carbons (Fsp3) is 0.513. The number of nitrogens with zero attached hydrogens (tertiary/aromatic N) is 3. The molecule has 3 heterocycles. The van der Waals surface area contributed by atoms with E-state index in [1.165, 1.54) is 0 Å². The zero-order chi connectivity index (χ0) is 34.6. The predicted octanol–water partition coefficient (Wildman–Crippen LogP) is 5.76. The molecule has 48 heavy (non-hydrogen) atoms. The van der Waals surface area contributed by atoms with Crippen LogP contribution in [-0.2, 0) is 19.1 Å². The van der Waals surface area contributed by atoms with Crippen LogP contribution >= 0.6 is 0 Å². The Bertz CT molecular complexity index is 1520. The summed E-state index contributed by atoms with van der Waals surface area (Å²) in [4.78, 5) is 49.8. The van der Waals surface area contributed by atoms with E-state index in [0.717, 1.165) is 16.8 Å². The number of aryl methyl sites for hydroxylation is 2. The van der Waals surface area contributed by atoms with E-state index in [1.807, 2.05) is 70.2 Å². The van der Waals surface area contributed by atoms with Crippen molar-refractivity contribution < 1.29 is 29.0 Å². The number of carbonyl (C=O) groups excluding carboxylic acids is 3. The lowest BCUT2D eigenvalue weighted by atomic mass is 9.64. The van der Waals surface area contributed by atoms with Crippen molar-refractivity contribution in [3.63, 3.8) is 0 Å². The molecule has 9 heteroatoms.